The zero-order valence-corrected chi connectivity index (χ0v) is 18.4. The quantitative estimate of drug-likeness (QED) is 0.478. The summed E-state index contributed by atoms with van der Waals surface area (Å²) in [5, 5.41) is 1.26. The van der Waals surface area contributed by atoms with Crippen molar-refractivity contribution >= 4 is 23.2 Å². The van der Waals surface area contributed by atoms with E-state index >= 15 is 0 Å². The van der Waals surface area contributed by atoms with Gasteiger partial charge in [0.1, 0.15) is 11.9 Å². The Morgan fingerprint density at radius 3 is 2.60 bits per heavy atom. The van der Waals surface area contributed by atoms with Crippen molar-refractivity contribution in [2.45, 2.75) is 31.9 Å². The van der Waals surface area contributed by atoms with Gasteiger partial charge < -0.3 is 14.2 Å². The Morgan fingerprint density at radius 1 is 0.933 bits per heavy atom. The third-order valence-corrected chi connectivity index (χ3v) is 7.22. The summed E-state index contributed by atoms with van der Waals surface area (Å²) >= 11 is 12.2. The summed E-state index contributed by atoms with van der Waals surface area (Å²) in [5.74, 6) is 1.57. The van der Waals surface area contributed by atoms with Crippen LogP contribution >= 0.6 is 23.2 Å². The van der Waals surface area contributed by atoms with Gasteiger partial charge in [0.2, 0.25) is 0 Å². The highest BCUT2D eigenvalue weighted by atomic mass is 35.5. The van der Waals surface area contributed by atoms with Crippen LogP contribution < -0.4 is 4.74 Å². The van der Waals surface area contributed by atoms with Crippen LogP contribution in [0.2, 0.25) is 10.0 Å². The molecule has 1 atom stereocenters. The van der Waals surface area contributed by atoms with Crippen molar-refractivity contribution in [1.29, 1.82) is 0 Å². The molecular formula is C25H26Cl2N2O. The highest BCUT2D eigenvalue weighted by Crippen LogP contribution is 2.39. The number of aromatic nitrogens is 1. The summed E-state index contributed by atoms with van der Waals surface area (Å²) in [7, 11) is 0. The van der Waals surface area contributed by atoms with Crippen molar-refractivity contribution in [1.82, 2.24) is 9.47 Å². The van der Waals surface area contributed by atoms with Gasteiger partial charge in [0, 0.05) is 24.2 Å². The summed E-state index contributed by atoms with van der Waals surface area (Å²) in [5.41, 5.74) is 3.81. The van der Waals surface area contributed by atoms with Crippen LogP contribution in [0.4, 0.5) is 0 Å². The summed E-state index contributed by atoms with van der Waals surface area (Å²) < 4.78 is 8.96. The van der Waals surface area contributed by atoms with Crippen molar-refractivity contribution in [2.24, 2.45) is 5.92 Å². The van der Waals surface area contributed by atoms with E-state index in [-0.39, 0.29) is 6.10 Å². The van der Waals surface area contributed by atoms with Crippen LogP contribution in [0.1, 0.15) is 35.8 Å². The first-order valence-electron chi connectivity index (χ1n) is 10.7. The Hall–Kier alpha value is -1.94. The largest absolute Gasteiger partial charge is 0.484 e. The molecule has 2 aliphatic rings. The van der Waals surface area contributed by atoms with Gasteiger partial charge >= 0.3 is 0 Å². The van der Waals surface area contributed by atoms with E-state index in [1.54, 1.807) is 0 Å². The second-order valence-corrected chi connectivity index (χ2v) is 9.20. The van der Waals surface area contributed by atoms with Gasteiger partial charge in [0.25, 0.3) is 0 Å². The number of hydrogen-bond acceptors (Lipinski definition) is 2. The molecule has 1 fully saturated rings. The molecule has 3 nitrogen and oxygen atoms in total. The maximum Gasteiger partial charge on any atom is 0.141 e. The molecule has 156 valence electrons. The molecule has 5 heteroatoms. The van der Waals surface area contributed by atoms with Crippen molar-refractivity contribution in [3.8, 4) is 5.75 Å². The van der Waals surface area contributed by atoms with Gasteiger partial charge in [-0.05, 0) is 68.2 Å². The van der Waals surface area contributed by atoms with E-state index in [0.717, 1.165) is 51.2 Å². The van der Waals surface area contributed by atoms with E-state index in [4.69, 9.17) is 27.9 Å². The summed E-state index contributed by atoms with van der Waals surface area (Å²) in [4.78, 5) is 2.56. The fourth-order valence-electron chi connectivity index (χ4n) is 4.76. The molecule has 5 rings (SSSR count). The molecule has 0 aliphatic carbocycles. The topological polar surface area (TPSA) is 17.4 Å². The van der Waals surface area contributed by atoms with Gasteiger partial charge in [-0.2, -0.15) is 0 Å². The molecule has 0 N–H and O–H groups in total. The maximum atomic E-state index is 6.60. The fourth-order valence-corrected chi connectivity index (χ4v) is 5.08. The van der Waals surface area contributed by atoms with Crippen LogP contribution in [0.3, 0.4) is 0 Å². The number of ether oxygens (including phenoxy) is 1. The molecule has 3 aromatic rings. The average molecular weight is 441 g/mol. The third-order valence-electron chi connectivity index (χ3n) is 6.48. The zero-order valence-electron chi connectivity index (χ0n) is 16.9. The lowest BCUT2D eigenvalue weighted by atomic mass is 9.89. The Balaban J connectivity index is 1.23. The van der Waals surface area contributed by atoms with E-state index in [1.165, 1.54) is 16.8 Å². The SMILES string of the molecule is Clc1ccc(CCN2CCC(C3Oc4ccccc4Cn4cccc43)CC2)cc1Cl. The number of nitrogens with zero attached hydrogens (tertiary/aromatic N) is 2. The predicted molar refractivity (Wildman–Crippen MR) is 123 cm³/mol. The number of rotatable bonds is 4. The second-order valence-electron chi connectivity index (χ2n) is 8.38. The highest BCUT2D eigenvalue weighted by molar-refractivity contribution is 6.42. The minimum absolute atomic E-state index is 0.126. The first-order valence-corrected chi connectivity index (χ1v) is 11.5. The first-order chi connectivity index (χ1) is 14.7. The predicted octanol–water partition coefficient (Wildman–Crippen LogP) is 6.23. The Kier molecular flexibility index (Phi) is 5.77. The number of piperidine rings is 1. The van der Waals surface area contributed by atoms with Crippen LogP contribution in [0.5, 0.6) is 5.75 Å². The molecule has 0 bridgehead atoms. The van der Waals surface area contributed by atoms with Gasteiger partial charge in [-0.1, -0.05) is 47.5 Å². The van der Waals surface area contributed by atoms with Crippen LogP contribution in [-0.2, 0) is 13.0 Å². The molecule has 1 unspecified atom stereocenters. The normalized spacial score (nSPS) is 19.6. The average Bonchev–Trinajstić information content (AvgIpc) is 3.16. The van der Waals surface area contributed by atoms with Gasteiger partial charge in [-0.25, -0.2) is 0 Å². The van der Waals surface area contributed by atoms with Gasteiger partial charge in [0.05, 0.1) is 22.3 Å². The zero-order chi connectivity index (χ0) is 20.5. The molecule has 0 radical (unpaired) electrons. The minimum Gasteiger partial charge on any atom is -0.484 e. The van der Waals surface area contributed by atoms with E-state index in [2.05, 4.69) is 58.1 Å². The van der Waals surface area contributed by atoms with E-state index in [9.17, 15) is 0 Å². The molecule has 0 amide bonds. The van der Waals surface area contributed by atoms with Crippen LogP contribution in [0, 0.1) is 5.92 Å². The Morgan fingerprint density at radius 2 is 1.77 bits per heavy atom. The Bertz CT molecular complexity index is 1020. The monoisotopic (exact) mass is 440 g/mol. The fraction of sp³-hybridized carbons (Fsp3) is 0.360. The summed E-state index contributed by atoms with van der Waals surface area (Å²) in [6.45, 7) is 4.15. The number of hydrogen-bond donors (Lipinski definition) is 0. The van der Waals surface area contributed by atoms with Crippen LogP contribution in [-0.4, -0.2) is 29.1 Å². The highest BCUT2D eigenvalue weighted by Gasteiger charge is 2.32. The molecule has 3 heterocycles. The van der Waals surface area contributed by atoms with Crippen molar-refractivity contribution in [2.75, 3.05) is 19.6 Å². The number of fused-ring (bicyclic) bond motifs is 2. The van der Waals surface area contributed by atoms with Gasteiger partial charge in [0.15, 0.2) is 0 Å². The van der Waals surface area contributed by atoms with Crippen molar-refractivity contribution < 1.29 is 4.74 Å². The Labute approximate surface area is 188 Å². The van der Waals surface area contributed by atoms with E-state index < -0.39 is 0 Å². The van der Waals surface area contributed by atoms with Gasteiger partial charge in [-0.15, -0.1) is 0 Å². The maximum absolute atomic E-state index is 6.60. The van der Waals surface area contributed by atoms with Gasteiger partial charge in [-0.3, -0.25) is 0 Å². The first kappa shape index (κ1) is 20.0. The van der Waals surface area contributed by atoms with Crippen molar-refractivity contribution in [3.63, 3.8) is 0 Å². The second kappa shape index (κ2) is 8.66. The smallest absolute Gasteiger partial charge is 0.141 e. The van der Waals surface area contributed by atoms with E-state index in [0.29, 0.717) is 16.0 Å². The summed E-state index contributed by atoms with van der Waals surface area (Å²) in [6, 6.07) is 18.8. The number of para-hydroxylation sites is 1. The molecule has 30 heavy (non-hydrogen) atoms. The number of halogens is 2. The lowest BCUT2D eigenvalue weighted by molar-refractivity contribution is 0.0745. The van der Waals surface area contributed by atoms with Crippen LogP contribution in [0.15, 0.2) is 60.8 Å². The lowest BCUT2D eigenvalue weighted by Crippen LogP contribution is -2.38. The molecule has 0 saturated carbocycles. The molecule has 1 saturated heterocycles. The summed E-state index contributed by atoms with van der Waals surface area (Å²) in [6.07, 6.45) is 5.61. The molecule has 2 aliphatic heterocycles. The molecule has 0 spiro atoms. The third kappa shape index (κ3) is 4.12. The number of likely N-dealkylation sites (tertiary alicyclic amines) is 1. The molecule has 2 aromatic carbocycles. The van der Waals surface area contributed by atoms with E-state index in [1.807, 2.05) is 12.1 Å². The standard InChI is InChI=1S/C25H26Cl2N2O/c26-21-8-7-18(16-22(21)27)9-13-28-14-10-19(11-15-28)25-23-5-3-12-29(23)17-20-4-1-2-6-24(20)30-25/h1-8,12,16,19,25H,9-11,13-15,17H2. The lowest BCUT2D eigenvalue weighted by Gasteiger charge is -2.36. The number of benzene rings is 2. The molecular weight excluding hydrogens is 415 g/mol. The van der Waals surface area contributed by atoms with Crippen LogP contribution in [0.25, 0.3) is 0 Å². The molecule has 1 aromatic heterocycles. The van der Waals surface area contributed by atoms with Crippen molar-refractivity contribution in [3.05, 3.63) is 87.7 Å². The minimum atomic E-state index is 0.126.